The van der Waals surface area contributed by atoms with Gasteiger partial charge in [-0.15, -0.1) is 0 Å². The molecular formula is C19H19NO4. The molecule has 1 aliphatic heterocycles. The number of carboxylic acids is 1. The minimum absolute atomic E-state index is 0.0501. The van der Waals surface area contributed by atoms with E-state index in [1.807, 2.05) is 30.3 Å². The number of fused-ring (bicyclic) bond motifs is 1. The molecule has 1 amide bonds. The second-order valence-corrected chi connectivity index (χ2v) is 6.77. The molecule has 4 rings (SSSR count). The van der Waals surface area contributed by atoms with Crippen LogP contribution in [0.2, 0.25) is 0 Å². The van der Waals surface area contributed by atoms with Gasteiger partial charge in [0.25, 0.3) is 5.91 Å². The van der Waals surface area contributed by atoms with E-state index in [-0.39, 0.29) is 18.4 Å². The van der Waals surface area contributed by atoms with E-state index in [1.54, 1.807) is 11.0 Å². The van der Waals surface area contributed by atoms with Crippen LogP contribution in [0.5, 0.6) is 0 Å². The van der Waals surface area contributed by atoms with Gasteiger partial charge in [-0.3, -0.25) is 9.59 Å². The molecule has 2 aromatic rings. The van der Waals surface area contributed by atoms with Crippen molar-refractivity contribution < 1.29 is 19.1 Å². The molecule has 1 aromatic carbocycles. The molecule has 1 saturated heterocycles. The van der Waals surface area contributed by atoms with Crippen LogP contribution in [-0.4, -0.2) is 35.0 Å². The first kappa shape index (κ1) is 15.0. The molecule has 2 heterocycles. The standard InChI is InChI=1S/C19H19NO4/c21-17(16-15(8-10-24-16)13-5-2-1-3-6-13)20-11-14-7-4-9-19(14,12-20)18(22)23/h1-3,5-6,8,10,14H,4,7,9,11-12H2,(H,22,23)/t14-,19+/m0/s1. The Bertz CT molecular complexity index is 782. The second kappa shape index (κ2) is 5.51. The van der Waals surface area contributed by atoms with Gasteiger partial charge in [0.05, 0.1) is 11.7 Å². The molecule has 5 heteroatoms. The van der Waals surface area contributed by atoms with Gasteiger partial charge in [-0.2, -0.15) is 0 Å². The number of hydrogen-bond acceptors (Lipinski definition) is 3. The fraction of sp³-hybridized carbons (Fsp3) is 0.368. The first-order valence-electron chi connectivity index (χ1n) is 8.27. The average molecular weight is 325 g/mol. The lowest BCUT2D eigenvalue weighted by Crippen LogP contribution is -2.37. The lowest BCUT2D eigenvalue weighted by Gasteiger charge is -2.23. The van der Waals surface area contributed by atoms with Crippen molar-refractivity contribution in [1.29, 1.82) is 0 Å². The Balaban J connectivity index is 1.63. The van der Waals surface area contributed by atoms with Crippen LogP contribution in [0.3, 0.4) is 0 Å². The third-order valence-corrected chi connectivity index (χ3v) is 5.53. The Morgan fingerprint density at radius 3 is 2.71 bits per heavy atom. The van der Waals surface area contributed by atoms with Gasteiger partial charge in [0.15, 0.2) is 5.76 Å². The number of aliphatic carboxylic acids is 1. The lowest BCUT2D eigenvalue weighted by atomic mass is 9.81. The third kappa shape index (κ3) is 2.15. The van der Waals surface area contributed by atoms with Crippen LogP contribution in [-0.2, 0) is 4.79 Å². The summed E-state index contributed by atoms with van der Waals surface area (Å²) in [4.78, 5) is 26.4. The molecule has 1 saturated carbocycles. The van der Waals surface area contributed by atoms with E-state index in [4.69, 9.17) is 4.42 Å². The summed E-state index contributed by atoms with van der Waals surface area (Å²) in [5, 5.41) is 9.68. The summed E-state index contributed by atoms with van der Waals surface area (Å²) in [6, 6.07) is 11.4. The van der Waals surface area contributed by atoms with E-state index >= 15 is 0 Å². The van der Waals surface area contributed by atoms with Crippen LogP contribution in [0, 0.1) is 11.3 Å². The summed E-state index contributed by atoms with van der Waals surface area (Å²) in [7, 11) is 0. The zero-order valence-corrected chi connectivity index (χ0v) is 13.3. The van der Waals surface area contributed by atoms with Crippen molar-refractivity contribution in [2.45, 2.75) is 19.3 Å². The quantitative estimate of drug-likeness (QED) is 0.940. The SMILES string of the molecule is O=C(c1occc1-c1ccccc1)N1C[C@@H]2CCC[C@@]2(C(=O)O)C1. The van der Waals surface area contributed by atoms with Crippen molar-refractivity contribution in [3.63, 3.8) is 0 Å². The van der Waals surface area contributed by atoms with Crippen molar-refractivity contribution in [2.75, 3.05) is 13.1 Å². The van der Waals surface area contributed by atoms with Crippen molar-refractivity contribution in [3.8, 4) is 11.1 Å². The summed E-state index contributed by atoms with van der Waals surface area (Å²) >= 11 is 0. The Kier molecular flexibility index (Phi) is 3.44. The van der Waals surface area contributed by atoms with E-state index in [0.29, 0.717) is 18.7 Å². The molecule has 1 aromatic heterocycles. The topological polar surface area (TPSA) is 70.8 Å². The molecule has 2 atom stereocenters. The number of amides is 1. The lowest BCUT2D eigenvalue weighted by molar-refractivity contribution is -0.149. The molecule has 0 spiro atoms. The number of carboxylic acid groups (broad SMARTS) is 1. The fourth-order valence-electron chi connectivity index (χ4n) is 4.26. The van der Waals surface area contributed by atoms with Gasteiger partial charge in [0.1, 0.15) is 0 Å². The number of likely N-dealkylation sites (tertiary alicyclic amines) is 1. The van der Waals surface area contributed by atoms with Gasteiger partial charge < -0.3 is 14.4 Å². The molecule has 0 bridgehead atoms. The highest BCUT2D eigenvalue weighted by Crippen LogP contribution is 2.49. The summed E-state index contributed by atoms with van der Waals surface area (Å²) in [6.07, 6.45) is 3.97. The zero-order chi connectivity index (χ0) is 16.7. The third-order valence-electron chi connectivity index (χ3n) is 5.53. The van der Waals surface area contributed by atoms with Gasteiger partial charge >= 0.3 is 5.97 Å². The Labute approximate surface area is 139 Å². The maximum atomic E-state index is 12.9. The number of nitrogens with zero attached hydrogens (tertiary/aromatic N) is 1. The molecule has 0 radical (unpaired) electrons. The molecular weight excluding hydrogens is 306 g/mol. The van der Waals surface area contributed by atoms with Crippen LogP contribution in [0.15, 0.2) is 47.1 Å². The molecule has 1 N–H and O–H groups in total. The van der Waals surface area contributed by atoms with Gasteiger partial charge in [-0.1, -0.05) is 36.8 Å². The molecule has 2 fully saturated rings. The summed E-state index contributed by atoms with van der Waals surface area (Å²) in [6.45, 7) is 0.779. The molecule has 124 valence electrons. The predicted molar refractivity (Wildman–Crippen MR) is 87.5 cm³/mol. The van der Waals surface area contributed by atoms with E-state index in [0.717, 1.165) is 24.0 Å². The zero-order valence-electron chi connectivity index (χ0n) is 13.3. The monoisotopic (exact) mass is 325 g/mol. The van der Waals surface area contributed by atoms with Gasteiger partial charge in [0.2, 0.25) is 0 Å². The number of benzene rings is 1. The largest absolute Gasteiger partial charge is 0.481 e. The van der Waals surface area contributed by atoms with E-state index in [9.17, 15) is 14.7 Å². The number of carbonyl (C=O) groups excluding carboxylic acids is 1. The molecule has 1 aliphatic carbocycles. The Hall–Kier alpha value is -2.56. The van der Waals surface area contributed by atoms with Crippen molar-refractivity contribution in [1.82, 2.24) is 4.90 Å². The first-order valence-corrected chi connectivity index (χ1v) is 8.27. The highest BCUT2D eigenvalue weighted by atomic mass is 16.4. The summed E-state index contributed by atoms with van der Waals surface area (Å²) in [5.74, 6) is -0.646. The maximum absolute atomic E-state index is 12.9. The molecule has 5 nitrogen and oxygen atoms in total. The minimum Gasteiger partial charge on any atom is -0.481 e. The van der Waals surface area contributed by atoms with Crippen LogP contribution in [0.1, 0.15) is 29.8 Å². The smallest absolute Gasteiger partial charge is 0.311 e. The average Bonchev–Trinajstić information content (AvgIpc) is 3.28. The van der Waals surface area contributed by atoms with Gasteiger partial charge in [-0.25, -0.2) is 0 Å². The maximum Gasteiger partial charge on any atom is 0.311 e. The van der Waals surface area contributed by atoms with Crippen LogP contribution in [0.4, 0.5) is 0 Å². The second-order valence-electron chi connectivity index (χ2n) is 6.77. The van der Waals surface area contributed by atoms with Crippen LogP contribution in [0.25, 0.3) is 11.1 Å². The normalized spacial score (nSPS) is 25.7. The van der Waals surface area contributed by atoms with Crippen LogP contribution >= 0.6 is 0 Å². The van der Waals surface area contributed by atoms with Crippen molar-refractivity contribution in [3.05, 3.63) is 48.4 Å². The van der Waals surface area contributed by atoms with E-state index in [1.165, 1.54) is 6.26 Å². The Morgan fingerprint density at radius 1 is 1.21 bits per heavy atom. The molecule has 24 heavy (non-hydrogen) atoms. The number of hydrogen-bond donors (Lipinski definition) is 1. The van der Waals surface area contributed by atoms with Crippen LogP contribution < -0.4 is 0 Å². The summed E-state index contributed by atoms with van der Waals surface area (Å²) < 4.78 is 5.47. The van der Waals surface area contributed by atoms with Gasteiger partial charge in [0, 0.05) is 18.7 Å². The van der Waals surface area contributed by atoms with Crippen molar-refractivity contribution in [2.24, 2.45) is 11.3 Å². The van der Waals surface area contributed by atoms with E-state index in [2.05, 4.69) is 0 Å². The Morgan fingerprint density at radius 2 is 2.00 bits per heavy atom. The number of rotatable bonds is 3. The highest BCUT2D eigenvalue weighted by Gasteiger charge is 2.56. The fourth-order valence-corrected chi connectivity index (χ4v) is 4.26. The van der Waals surface area contributed by atoms with Crippen molar-refractivity contribution >= 4 is 11.9 Å². The van der Waals surface area contributed by atoms with Gasteiger partial charge in [-0.05, 0) is 30.4 Å². The summed E-state index contributed by atoms with van der Waals surface area (Å²) in [5.41, 5.74) is 0.902. The number of furan rings is 1. The number of carbonyl (C=O) groups is 2. The van der Waals surface area contributed by atoms with E-state index < -0.39 is 11.4 Å². The minimum atomic E-state index is -0.775. The molecule has 2 aliphatic rings. The molecule has 0 unspecified atom stereocenters. The predicted octanol–water partition coefficient (Wildman–Crippen LogP) is 3.27. The first-order chi connectivity index (χ1) is 11.6. The highest BCUT2D eigenvalue weighted by molar-refractivity contribution is 5.99.